The van der Waals surface area contributed by atoms with Gasteiger partial charge in [0.15, 0.2) is 5.96 Å². The molecule has 0 saturated heterocycles. The van der Waals surface area contributed by atoms with Gasteiger partial charge in [0.05, 0.1) is 0 Å². The van der Waals surface area contributed by atoms with Crippen LogP contribution in [0, 0.1) is 5.41 Å². The summed E-state index contributed by atoms with van der Waals surface area (Å²) in [6, 6.07) is 3.35. The fourth-order valence-electron chi connectivity index (χ4n) is 1.13. The van der Waals surface area contributed by atoms with Crippen molar-refractivity contribution in [2.45, 2.75) is 19.9 Å². The second-order valence-electron chi connectivity index (χ2n) is 3.47. The molecule has 0 saturated carbocycles. The van der Waals surface area contributed by atoms with E-state index in [2.05, 4.69) is 20.9 Å². The number of aromatic nitrogens is 1. The maximum absolute atomic E-state index is 11.2. The summed E-state index contributed by atoms with van der Waals surface area (Å²) in [6.07, 6.45) is 4.26. The van der Waals surface area contributed by atoms with Gasteiger partial charge in [-0.2, -0.15) is 0 Å². The van der Waals surface area contributed by atoms with E-state index in [1.807, 2.05) is 19.1 Å². The second kappa shape index (κ2) is 7.21. The molecule has 0 aliphatic carbocycles. The average molecular weight is 235 g/mol. The minimum Gasteiger partial charge on any atom is -0.352 e. The first-order valence-electron chi connectivity index (χ1n) is 5.48. The maximum Gasteiger partial charge on any atom is 0.321 e. The third-order valence-electron chi connectivity index (χ3n) is 1.97. The molecule has 4 N–H and O–H groups in total. The number of urea groups is 1. The van der Waals surface area contributed by atoms with E-state index in [4.69, 9.17) is 5.41 Å². The molecule has 1 aromatic rings. The zero-order valence-corrected chi connectivity index (χ0v) is 9.79. The molecule has 0 spiro atoms. The van der Waals surface area contributed by atoms with E-state index in [1.54, 1.807) is 12.4 Å². The molecule has 0 fully saturated rings. The Morgan fingerprint density at radius 2 is 2.29 bits per heavy atom. The predicted molar refractivity (Wildman–Crippen MR) is 65.6 cm³/mol. The second-order valence-corrected chi connectivity index (χ2v) is 3.47. The smallest absolute Gasteiger partial charge is 0.321 e. The average Bonchev–Trinajstić information content (AvgIpc) is 2.35. The molecule has 1 aromatic heterocycles. The van der Waals surface area contributed by atoms with Gasteiger partial charge in [0.2, 0.25) is 0 Å². The van der Waals surface area contributed by atoms with Crippen molar-refractivity contribution in [1.82, 2.24) is 20.9 Å². The van der Waals surface area contributed by atoms with E-state index in [0.717, 1.165) is 12.0 Å². The molecule has 0 radical (unpaired) electrons. The van der Waals surface area contributed by atoms with Crippen LogP contribution in [0.25, 0.3) is 0 Å². The lowest BCUT2D eigenvalue weighted by Gasteiger charge is -2.09. The quantitative estimate of drug-likeness (QED) is 0.460. The third-order valence-corrected chi connectivity index (χ3v) is 1.97. The Balaban J connectivity index is 2.24. The van der Waals surface area contributed by atoms with Crippen molar-refractivity contribution in [3.63, 3.8) is 0 Å². The Morgan fingerprint density at radius 3 is 2.94 bits per heavy atom. The number of carbonyl (C=O) groups excluding carboxylic acids is 1. The first-order valence-corrected chi connectivity index (χ1v) is 5.48. The first kappa shape index (κ1) is 13.0. The van der Waals surface area contributed by atoms with Crippen LogP contribution in [0.4, 0.5) is 4.79 Å². The van der Waals surface area contributed by atoms with Crippen LogP contribution >= 0.6 is 0 Å². The van der Waals surface area contributed by atoms with Gasteiger partial charge in [-0.05, 0) is 18.1 Å². The molecule has 17 heavy (non-hydrogen) atoms. The maximum atomic E-state index is 11.2. The van der Waals surface area contributed by atoms with Gasteiger partial charge in [0.1, 0.15) is 0 Å². The summed E-state index contributed by atoms with van der Waals surface area (Å²) < 4.78 is 0. The van der Waals surface area contributed by atoms with Crippen LogP contribution in [-0.2, 0) is 6.54 Å². The fraction of sp³-hybridized carbons (Fsp3) is 0.364. The number of pyridine rings is 1. The molecule has 1 rings (SSSR count). The lowest BCUT2D eigenvalue weighted by Crippen LogP contribution is -2.45. The number of amides is 2. The van der Waals surface area contributed by atoms with Crippen LogP contribution in [0.2, 0.25) is 0 Å². The lowest BCUT2D eigenvalue weighted by molar-refractivity contribution is 0.245. The molecule has 0 aliphatic heterocycles. The molecule has 0 aromatic carbocycles. The normalized spacial score (nSPS) is 9.47. The highest BCUT2D eigenvalue weighted by atomic mass is 16.2. The number of nitrogens with zero attached hydrogens (tertiary/aromatic N) is 1. The highest BCUT2D eigenvalue weighted by molar-refractivity contribution is 5.94. The van der Waals surface area contributed by atoms with Gasteiger partial charge in [-0.1, -0.05) is 13.0 Å². The van der Waals surface area contributed by atoms with Crippen LogP contribution < -0.4 is 16.0 Å². The van der Waals surface area contributed by atoms with E-state index in [0.29, 0.717) is 13.1 Å². The summed E-state index contributed by atoms with van der Waals surface area (Å²) in [7, 11) is 0. The van der Waals surface area contributed by atoms with Crippen molar-refractivity contribution in [2.24, 2.45) is 0 Å². The largest absolute Gasteiger partial charge is 0.352 e. The summed E-state index contributed by atoms with van der Waals surface area (Å²) in [6.45, 7) is 3.02. The Hall–Kier alpha value is -2.11. The van der Waals surface area contributed by atoms with Gasteiger partial charge >= 0.3 is 6.03 Å². The molecule has 1 heterocycles. The van der Waals surface area contributed by atoms with Crippen LogP contribution in [-0.4, -0.2) is 23.5 Å². The Bertz CT molecular complexity index is 365. The highest BCUT2D eigenvalue weighted by Crippen LogP contribution is 1.93. The number of rotatable bonds is 4. The summed E-state index contributed by atoms with van der Waals surface area (Å²) in [5.74, 6) is -0.0255. The van der Waals surface area contributed by atoms with Crippen molar-refractivity contribution in [3.8, 4) is 0 Å². The minimum absolute atomic E-state index is 0.0255. The van der Waals surface area contributed by atoms with E-state index >= 15 is 0 Å². The van der Waals surface area contributed by atoms with Crippen LogP contribution in [0.3, 0.4) is 0 Å². The van der Waals surface area contributed by atoms with E-state index < -0.39 is 0 Å². The minimum atomic E-state index is -0.365. The monoisotopic (exact) mass is 235 g/mol. The summed E-state index contributed by atoms with van der Waals surface area (Å²) in [4.78, 5) is 15.2. The van der Waals surface area contributed by atoms with Crippen LogP contribution in [0.5, 0.6) is 0 Å². The molecule has 0 unspecified atom stereocenters. The third kappa shape index (κ3) is 5.50. The van der Waals surface area contributed by atoms with Crippen molar-refractivity contribution in [1.29, 1.82) is 5.41 Å². The van der Waals surface area contributed by atoms with Gasteiger partial charge in [-0.3, -0.25) is 15.7 Å². The molecule has 0 atom stereocenters. The van der Waals surface area contributed by atoms with E-state index in [-0.39, 0.29) is 12.0 Å². The number of guanidine groups is 1. The number of hydrogen-bond donors (Lipinski definition) is 4. The summed E-state index contributed by atoms with van der Waals surface area (Å²) in [5.41, 5.74) is 0.952. The zero-order chi connectivity index (χ0) is 12.5. The predicted octanol–water partition coefficient (Wildman–Crippen LogP) is 0.815. The van der Waals surface area contributed by atoms with E-state index in [9.17, 15) is 4.79 Å². The molecule has 6 heteroatoms. The summed E-state index contributed by atoms with van der Waals surface area (Å²) in [5, 5.41) is 15.3. The SMILES string of the molecule is CCCNC(=O)NC(=N)NCc1cccnc1. The molecule has 92 valence electrons. The molecule has 0 bridgehead atoms. The first-order chi connectivity index (χ1) is 8.22. The molecular weight excluding hydrogens is 218 g/mol. The number of carbonyl (C=O) groups is 1. The van der Waals surface area contributed by atoms with E-state index in [1.165, 1.54) is 0 Å². The Kier molecular flexibility index (Phi) is 5.50. The Labute approximate surface area is 100 Å². The van der Waals surface area contributed by atoms with Gasteiger partial charge in [-0.15, -0.1) is 0 Å². The number of hydrogen-bond acceptors (Lipinski definition) is 3. The van der Waals surface area contributed by atoms with Crippen LogP contribution in [0.15, 0.2) is 24.5 Å². The zero-order valence-electron chi connectivity index (χ0n) is 9.79. The summed E-state index contributed by atoms with van der Waals surface area (Å²) >= 11 is 0. The standard InChI is InChI=1S/C11H17N5O/c1-2-5-14-11(17)16-10(12)15-8-9-4-3-6-13-7-9/h3-4,6-7H,2,5,8H2,1H3,(H4,12,14,15,16,17). The van der Waals surface area contributed by atoms with Gasteiger partial charge < -0.3 is 10.6 Å². The molecular formula is C11H17N5O. The number of nitrogens with one attached hydrogen (secondary N) is 4. The lowest BCUT2D eigenvalue weighted by atomic mass is 10.3. The highest BCUT2D eigenvalue weighted by Gasteiger charge is 2.02. The van der Waals surface area contributed by atoms with Crippen molar-refractivity contribution in [3.05, 3.63) is 30.1 Å². The van der Waals surface area contributed by atoms with Gasteiger partial charge in [0, 0.05) is 25.5 Å². The van der Waals surface area contributed by atoms with Gasteiger partial charge in [-0.25, -0.2) is 4.79 Å². The molecule has 0 aliphatic rings. The van der Waals surface area contributed by atoms with Gasteiger partial charge in [0.25, 0.3) is 0 Å². The topological polar surface area (TPSA) is 89.9 Å². The van der Waals surface area contributed by atoms with Crippen LogP contribution in [0.1, 0.15) is 18.9 Å². The van der Waals surface area contributed by atoms with Crippen molar-refractivity contribution >= 4 is 12.0 Å². The fourth-order valence-corrected chi connectivity index (χ4v) is 1.13. The van der Waals surface area contributed by atoms with Crippen molar-refractivity contribution in [2.75, 3.05) is 6.54 Å². The Morgan fingerprint density at radius 1 is 1.47 bits per heavy atom. The van der Waals surface area contributed by atoms with Crippen molar-refractivity contribution < 1.29 is 4.79 Å². The molecule has 6 nitrogen and oxygen atoms in total. The molecule has 2 amide bonds.